The Bertz CT molecular complexity index is 2640. The van der Waals surface area contributed by atoms with Crippen LogP contribution < -0.4 is 0 Å². The molecule has 0 aliphatic heterocycles. The number of hydrogen-bond donors (Lipinski definition) is 0. The molecule has 769 valence electrons. The van der Waals surface area contributed by atoms with Crippen molar-refractivity contribution in [1.82, 2.24) is 0 Å². The van der Waals surface area contributed by atoms with E-state index in [1.807, 2.05) is 246 Å². The van der Waals surface area contributed by atoms with Gasteiger partial charge in [0.05, 0.1) is 0 Å². The Morgan fingerprint density at radius 2 is 0.311 bits per heavy atom. The predicted molar refractivity (Wildman–Crippen MR) is 623 cm³/mol. The fourth-order valence-electron chi connectivity index (χ4n) is 4.41. The summed E-state index contributed by atoms with van der Waals surface area (Å²) in [5.41, 5.74) is 11.2. The Labute approximate surface area is 917 Å². The first-order valence-corrected chi connectivity index (χ1v) is 49.6. The standard InChI is InChI=1S/C12H10.C12H8.C10H8.C8H6.C6H6.11C5H12.C4H10.C4H4.9C2H6.3Y/c2*1-3-7-11(8-4-1)12-9-5-2-6-10-12;1-2-6-10-8-4-3-7-9(10)5-1;1-2-8-6-4-3-5-7-8;1-2-4-6-5-3-1;11*1-5(2,3)4;1-4(2)3;1-3-4-2;9*1-2;;;/h1-10H;1-7,9H;1-8H;1-6H;1-6H;11*1-4H3;4H,1-3H3;1-4H;9*1-2H3;;;/q;-2;;-2;;;;;;;;;;;;;;-2;;;;;;;;;;;;. The average molecular weight is 2060 g/mol. The topological polar surface area (TPSA) is 0 Å². The quantitative estimate of drug-likeness (QED) is 0.122. The molecule has 8 aromatic carbocycles. The second-order valence-corrected chi connectivity index (χ2v) is 45.4. The van der Waals surface area contributed by atoms with E-state index >= 15 is 0 Å². The molecule has 132 heavy (non-hydrogen) atoms. The normalized spacial score (nSPS) is 9.23. The van der Waals surface area contributed by atoms with Crippen molar-refractivity contribution in [3.8, 4) is 22.3 Å². The van der Waals surface area contributed by atoms with Crippen LogP contribution in [0.5, 0.6) is 0 Å². The van der Waals surface area contributed by atoms with Crippen LogP contribution >= 0.6 is 0 Å². The molecule has 0 fully saturated rings. The van der Waals surface area contributed by atoms with Gasteiger partial charge in [-0.2, -0.15) is 60.7 Å². The van der Waals surface area contributed by atoms with Crippen molar-refractivity contribution in [2.45, 2.75) is 450 Å². The molecule has 0 saturated carbocycles. The van der Waals surface area contributed by atoms with E-state index in [0.717, 1.165) is 22.6 Å². The van der Waals surface area contributed by atoms with Crippen molar-refractivity contribution >= 4 is 16.8 Å². The molecule has 0 aromatic heterocycles. The third kappa shape index (κ3) is 390. The molecule has 8 rings (SSSR count). The van der Waals surface area contributed by atoms with Crippen LogP contribution in [0.4, 0.5) is 0 Å². The van der Waals surface area contributed by atoms with Gasteiger partial charge in [-0.05, 0) is 87.4 Å². The van der Waals surface area contributed by atoms with E-state index in [9.17, 15) is 0 Å². The van der Waals surface area contributed by atoms with Crippen LogP contribution in [-0.4, -0.2) is 0 Å². The monoisotopic (exact) mass is 2050 g/mol. The zero-order chi connectivity index (χ0) is 108. The maximum Gasteiger partial charge on any atom is 0 e. The summed E-state index contributed by atoms with van der Waals surface area (Å²) < 4.78 is 0. The van der Waals surface area contributed by atoms with E-state index in [2.05, 4.69) is 441 Å². The first-order valence-electron chi connectivity index (χ1n) is 49.6. The van der Waals surface area contributed by atoms with Crippen molar-refractivity contribution in [2.24, 2.45) is 65.5 Å². The Balaban J connectivity index is -0.0000000485. The minimum atomic E-state index is 0. The van der Waals surface area contributed by atoms with E-state index in [1.165, 1.54) is 40.1 Å². The smallest absolute Gasteiger partial charge is 0 e. The van der Waals surface area contributed by atoms with E-state index < -0.39 is 0 Å². The molecule has 3 radical (unpaired) electrons. The van der Waals surface area contributed by atoms with Gasteiger partial charge in [0, 0.05) is 98.1 Å². The second kappa shape index (κ2) is 124. The van der Waals surface area contributed by atoms with Gasteiger partial charge < -0.3 is 43.5 Å². The van der Waals surface area contributed by atoms with E-state index in [-0.39, 0.29) is 98.1 Å². The van der Waals surface area contributed by atoms with Crippen LogP contribution in [0.2, 0.25) is 0 Å². The summed E-state index contributed by atoms with van der Waals surface area (Å²) in [5.74, 6) is 0.833. The largest absolute Gasteiger partial charge is 0.394 e. The van der Waals surface area contributed by atoms with Gasteiger partial charge in [0.1, 0.15) is 0 Å². The van der Waals surface area contributed by atoms with Gasteiger partial charge in [-0.3, -0.25) is 0 Å². The Morgan fingerprint density at radius 1 is 0.189 bits per heavy atom. The van der Waals surface area contributed by atoms with Crippen molar-refractivity contribution in [1.29, 1.82) is 0 Å². The van der Waals surface area contributed by atoms with Crippen molar-refractivity contribution in [3.63, 3.8) is 0 Å². The van der Waals surface area contributed by atoms with E-state index in [1.54, 1.807) is 0 Å². The van der Waals surface area contributed by atoms with Crippen LogP contribution in [-0.2, 0) is 98.1 Å². The van der Waals surface area contributed by atoms with E-state index in [0.29, 0.717) is 59.6 Å². The molecule has 0 spiro atoms. The van der Waals surface area contributed by atoms with Gasteiger partial charge >= 0.3 is 0 Å². The number of benzene rings is 8. The Kier molecular flexibility index (Phi) is 173. The van der Waals surface area contributed by atoms with Crippen LogP contribution in [0.15, 0.2) is 231 Å². The van der Waals surface area contributed by atoms with Gasteiger partial charge in [0.2, 0.25) is 0 Å². The summed E-state index contributed by atoms with van der Waals surface area (Å²) in [4.78, 5) is 0. The molecule has 8 aromatic rings. The number of allylic oxidation sites excluding steroid dienone is 2. The summed E-state index contributed by atoms with van der Waals surface area (Å²) in [6, 6.07) is 82.1. The molecule has 0 heterocycles. The molecule has 3 heteroatoms. The van der Waals surface area contributed by atoms with Gasteiger partial charge in [0.25, 0.3) is 0 Å². The van der Waals surface area contributed by atoms with Crippen molar-refractivity contribution < 1.29 is 98.1 Å². The van der Waals surface area contributed by atoms with Crippen LogP contribution in [0.25, 0.3) is 39.1 Å². The summed E-state index contributed by atoms with van der Waals surface area (Å²) in [6.07, 6.45) is 4.08. The molecular weight excluding hydrogens is 1820 g/mol. The minimum Gasteiger partial charge on any atom is -0.394 e. The number of fused-ring (bicyclic) bond motifs is 1. The molecular formula is C129H238Y3-6. The maximum absolute atomic E-state index is 5.19. The molecule has 0 N–H and O–H groups in total. The van der Waals surface area contributed by atoms with Gasteiger partial charge in [0.15, 0.2) is 0 Å². The number of rotatable bonds is 4. The molecule has 0 unspecified atom stereocenters. The zero-order valence-electron chi connectivity index (χ0n) is 102. The Morgan fingerprint density at radius 3 is 0.417 bits per heavy atom. The average Bonchev–Trinajstić information content (AvgIpc) is 0.856. The zero-order valence-corrected chi connectivity index (χ0v) is 111. The fraction of sp³-hybridized carbons (Fsp3) is 0.597. The first-order chi connectivity index (χ1) is 58.5. The van der Waals surface area contributed by atoms with Crippen molar-refractivity contribution in [3.05, 3.63) is 274 Å². The molecule has 0 atom stereocenters. The van der Waals surface area contributed by atoms with Gasteiger partial charge in [-0.1, -0.05) is 596 Å². The van der Waals surface area contributed by atoms with Crippen LogP contribution in [0.1, 0.15) is 456 Å². The minimum absolute atomic E-state index is 0. The summed E-state index contributed by atoms with van der Waals surface area (Å²) in [7, 11) is 0. The van der Waals surface area contributed by atoms with Crippen molar-refractivity contribution in [2.75, 3.05) is 0 Å². The molecule has 0 bridgehead atoms. The van der Waals surface area contributed by atoms with Crippen LogP contribution in [0, 0.1) is 103 Å². The van der Waals surface area contributed by atoms with E-state index in [4.69, 9.17) is 19.7 Å². The summed E-state index contributed by atoms with van der Waals surface area (Å²) >= 11 is 0. The SMILES string of the molecule is CC.CC.CC.CC.CC.CC.CC.CC.CC.CC(C)(C)C.CC(C)(C)C.CC(C)(C)C.CC(C)(C)C.CC(C)(C)C.CC(C)(C)C.CC(C)(C)C.CC(C)(C)C.CC(C)(C)C.CC(C)(C)C.CC(C)(C)C.CC(C)C.[CH-]=CC=[CH-].[CH-]=Cc1[c-]cccc1.[Y].[Y].[Y].[c-]1ccccc1-c1[c-]cccc1.c1ccc(-c2ccccc2)cc1.c1ccc2ccccc2c1.c1ccccc1. The Hall–Kier alpha value is -3.45. The first kappa shape index (κ1) is 184. The molecule has 0 amide bonds. The van der Waals surface area contributed by atoms with Crippen LogP contribution in [0.3, 0.4) is 0 Å². The molecule has 0 aliphatic carbocycles. The predicted octanol–water partition coefficient (Wildman–Crippen LogP) is 47.2. The molecule has 0 aliphatic rings. The second-order valence-electron chi connectivity index (χ2n) is 45.4. The van der Waals surface area contributed by atoms with Gasteiger partial charge in [-0.15, -0.1) is 18.2 Å². The third-order valence-corrected chi connectivity index (χ3v) is 6.94. The van der Waals surface area contributed by atoms with Gasteiger partial charge in [-0.25, -0.2) is 23.3 Å². The fourth-order valence-corrected chi connectivity index (χ4v) is 4.41. The molecule has 0 saturated heterocycles. The number of hydrogen-bond acceptors (Lipinski definition) is 0. The summed E-state index contributed by atoms with van der Waals surface area (Å²) in [6.45, 7) is 153. The molecule has 0 nitrogen and oxygen atoms in total. The maximum atomic E-state index is 5.19. The summed E-state index contributed by atoms with van der Waals surface area (Å²) in [5, 5.41) is 2.62. The third-order valence-electron chi connectivity index (χ3n) is 6.94.